The number of aryl methyl sites for hydroxylation is 1. The minimum atomic E-state index is -0.459. The molecule has 0 amide bonds. The van der Waals surface area contributed by atoms with Crippen LogP contribution in [0.2, 0.25) is 0 Å². The quantitative estimate of drug-likeness (QED) is 0.446. The van der Waals surface area contributed by atoms with Crippen LogP contribution in [-0.2, 0) is 0 Å². The fourth-order valence-electron chi connectivity index (χ4n) is 2.32. The van der Waals surface area contributed by atoms with Gasteiger partial charge < -0.3 is 0 Å². The Hall–Kier alpha value is -3.35. The van der Waals surface area contributed by atoms with E-state index in [9.17, 15) is 14.5 Å². The number of benzene rings is 2. The summed E-state index contributed by atoms with van der Waals surface area (Å²) < 4.78 is 13.3. The second kappa shape index (κ2) is 6.41. The lowest BCUT2D eigenvalue weighted by Gasteiger charge is -2.07. The summed E-state index contributed by atoms with van der Waals surface area (Å²) in [6, 6.07) is 12.3. The number of rotatable bonds is 4. The molecule has 3 rings (SSSR count). The molecule has 0 atom stereocenters. The van der Waals surface area contributed by atoms with Crippen LogP contribution in [0.4, 0.5) is 15.8 Å². The van der Waals surface area contributed by atoms with Gasteiger partial charge in [-0.05, 0) is 25.1 Å². The van der Waals surface area contributed by atoms with Crippen molar-refractivity contribution in [1.29, 1.82) is 0 Å². The van der Waals surface area contributed by atoms with E-state index < -0.39 is 4.92 Å². The maximum absolute atomic E-state index is 13.3. The van der Waals surface area contributed by atoms with Crippen LogP contribution in [0.1, 0.15) is 11.3 Å². The molecule has 120 valence electrons. The maximum atomic E-state index is 13.3. The number of hydrogen-bond donors (Lipinski definition) is 1. The van der Waals surface area contributed by atoms with Gasteiger partial charge in [-0.3, -0.25) is 20.5 Å². The van der Waals surface area contributed by atoms with Crippen molar-refractivity contribution in [1.82, 2.24) is 4.98 Å². The lowest BCUT2D eigenvalue weighted by molar-refractivity contribution is -0.384. The van der Waals surface area contributed by atoms with Crippen molar-refractivity contribution in [2.75, 3.05) is 5.43 Å². The zero-order valence-electron chi connectivity index (χ0n) is 12.7. The Morgan fingerprint density at radius 3 is 2.88 bits per heavy atom. The SMILES string of the molecule is Cc1cc(N/N=C/c2cccc([N+](=O)[O-])c2)c2ccc(F)cc2n1. The van der Waals surface area contributed by atoms with Crippen LogP contribution in [0.25, 0.3) is 10.9 Å². The topological polar surface area (TPSA) is 80.4 Å². The van der Waals surface area contributed by atoms with Crippen molar-refractivity contribution >= 4 is 28.5 Å². The Morgan fingerprint density at radius 1 is 1.25 bits per heavy atom. The highest BCUT2D eigenvalue weighted by Crippen LogP contribution is 2.24. The highest BCUT2D eigenvalue weighted by molar-refractivity contribution is 5.92. The largest absolute Gasteiger partial charge is 0.278 e. The van der Waals surface area contributed by atoms with E-state index in [4.69, 9.17) is 0 Å². The van der Waals surface area contributed by atoms with Crippen LogP contribution >= 0.6 is 0 Å². The van der Waals surface area contributed by atoms with Gasteiger partial charge in [0.15, 0.2) is 0 Å². The van der Waals surface area contributed by atoms with E-state index in [0.29, 0.717) is 16.8 Å². The van der Waals surface area contributed by atoms with E-state index in [1.54, 1.807) is 31.2 Å². The lowest BCUT2D eigenvalue weighted by atomic mass is 10.1. The molecule has 7 heteroatoms. The maximum Gasteiger partial charge on any atom is 0.270 e. The number of nitro benzene ring substituents is 1. The molecule has 0 spiro atoms. The number of fused-ring (bicyclic) bond motifs is 1. The summed E-state index contributed by atoms with van der Waals surface area (Å²) in [7, 11) is 0. The first-order valence-electron chi connectivity index (χ1n) is 7.13. The Bertz CT molecular complexity index is 951. The monoisotopic (exact) mass is 324 g/mol. The number of anilines is 1. The smallest absolute Gasteiger partial charge is 0.270 e. The molecule has 1 N–H and O–H groups in total. The second-order valence-electron chi connectivity index (χ2n) is 5.19. The third kappa shape index (κ3) is 3.35. The molecule has 0 fully saturated rings. The number of pyridine rings is 1. The molecule has 0 saturated carbocycles. The van der Waals surface area contributed by atoms with Gasteiger partial charge in [0, 0.05) is 34.8 Å². The van der Waals surface area contributed by atoms with Crippen LogP contribution < -0.4 is 5.43 Å². The number of non-ortho nitro benzene ring substituents is 1. The molecule has 0 aliphatic rings. The zero-order valence-corrected chi connectivity index (χ0v) is 12.7. The summed E-state index contributed by atoms with van der Waals surface area (Å²) in [5.74, 6) is -0.355. The van der Waals surface area contributed by atoms with Crippen LogP contribution in [0.3, 0.4) is 0 Å². The van der Waals surface area contributed by atoms with Gasteiger partial charge in [0.1, 0.15) is 5.82 Å². The van der Waals surface area contributed by atoms with Crippen LogP contribution in [0, 0.1) is 22.9 Å². The van der Waals surface area contributed by atoms with Crippen molar-refractivity contribution in [2.45, 2.75) is 6.92 Å². The predicted octanol–water partition coefficient (Wildman–Crippen LogP) is 4.04. The van der Waals surface area contributed by atoms with Gasteiger partial charge in [-0.1, -0.05) is 12.1 Å². The van der Waals surface area contributed by atoms with E-state index in [2.05, 4.69) is 15.5 Å². The third-order valence-corrected chi connectivity index (χ3v) is 3.38. The van der Waals surface area contributed by atoms with Gasteiger partial charge in [0.25, 0.3) is 5.69 Å². The first kappa shape index (κ1) is 15.5. The van der Waals surface area contributed by atoms with Gasteiger partial charge in [-0.2, -0.15) is 5.10 Å². The molecule has 2 aromatic carbocycles. The number of halogens is 1. The Morgan fingerprint density at radius 2 is 2.08 bits per heavy atom. The number of hydrogen-bond acceptors (Lipinski definition) is 5. The fourth-order valence-corrected chi connectivity index (χ4v) is 2.32. The van der Waals surface area contributed by atoms with Crippen LogP contribution in [-0.4, -0.2) is 16.1 Å². The Labute approximate surface area is 136 Å². The zero-order chi connectivity index (χ0) is 17.1. The van der Waals surface area contributed by atoms with Crippen molar-refractivity contribution in [3.05, 3.63) is 75.7 Å². The summed E-state index contributed by atoms with van der Waals surface area (Å²) >= 11 is 0. The molecule has 0 unspecified atom stereocenters. The van der Waals surface area contributed by atoms with Gasteiger partial charge in [0.2, 0.25) is 0 Å². The molecule has 0 saturated heterocycles. The van der Waals surface area contributed by atoms with E-state index in [-0.39, 0.29) is 11.5 Å². The van der Waals surface area contributed by atoms with Crippen LogP contribution in [0.15, 0.2) is 53.6 Å². The first-order valence-corrected chi connectivity index (χ1v) is 7.13. The summed E-state index contributed by atoms with van der Waals surface area (Å²) in [5, 5.41) is 15.6. The summed E-state index contributed by atoms with van der Waals surface area (Å²) in [6.45, 7) is 1.81. The van der Waals surface area contributed by atoms with Crippen molar-refractivity contribution in [3.8, 4) is 0 Å². The fraction of sp³-hybridized carbons (Fsp3) is 0.0588. The molecule has 6 nitrogen and oxygen atoms in total. The van der Waals surface area contributed by atoms with Crippen molar-refractivity contribution < 1.29 is 9.31 Å². The van der Waals surface area contributed by atoms with E-state index in [1.807, 2.05) is 0 Å². The molecule has 3 aromatic rings. The van der Waals surface area contributed by atoms with E-state index in [1.165, 1.54) is 30.5 Å². The van der Waals surface area contributed by atoms with E-state index >= 15 is 0 Å². The number of nitrogens with one attached hydrogen (secondary N) is 1. The number of aromatic nitrogens is 1. The van der Waals surface area contributed by atoms with Gasteiger partial charge >= 0.3 is 0 Å². The number of hydrazone groups is 1. The summed E-state index contributed by atoms with van der Waals surface area (Å²) in [4.78, 5) is 14.6. The average Bonchev–Trinajstić information content (AvgIpc) is 2.54. The summed E-state index contributed by atoms with van der Waals surface area (Å²) in [6.07, 6.45) is 1.48. The normalized spacial score (nSPS) is 11.1. The second-order valence-corrected chi connectivity index (χ2v) is 5.19. The molecule has 24 heavy (non-hydrogen) atoms. The van der Waals surface area contributed by atoms with Crippen LogP contribution in [0.5, 0.6) is 0 Å². The van der Waals surface area contributed by atoms with Gasteiger partial charge in [0.05, 0.1) is 22.3 Å². The first-order chi connectivity index (χ1) is 11.5. The average molecular weight is 324 g/mol. The van der Waals surface area contributed by atoms with E-state index in [0.717, 1.165) is 11.1 Å². The molecular formula is C17H13FN4O2. The highest BCUT2D eigenvalue weighted by Gasteiger charge is 2.06. The Kier molecular flexibility index (Phi) is 4.15. The van der Waals surface area contributed by atoms with Gasteiger partial charge in [-0.15, -0.1) is 0 Å². The summed E-state index contributed by atoms with van der Waals surface area (Å²) in [5.41, 5.74) is 5.41. The van der Waals surface area contributed by atoms with Crippen molar-refractivity contribution in [3.63, 3.8) is 0 Å². The highest BCUT2D eigenvalue weighted by atomic mass is 19.1. The molecule has 0 aliphatic heterocycles. The minimum Gasteiger partial charge on any atom is -0.278 e. The number of nitro groups is 1. The van der Waals surface area contributed by atoms with Gasteiger partial charge in [-0.25, -0.2) is 4.39 Å². The molecule has 1 aromatic heterocycles. The molecule has 1 heterocycles. The molecule has 0 bridgehead atoms. The molecule has 0 aliphatic carbocycles. The third-order valence-electron chi connectivity index (χ3n) is 3.38. The standard InChI is InChI=1S/C17H13FN4O2/c1-11-7-17(15-6-5-13(18)9-16(15)20-11)21-19-10-12-3-2-4-14(8-12)22(23)24/h2-10H,1H3,(H,20,21)/b19-10+. The van der Waals surface area contributed by atoms with Crippen molar-refractivity contribution in [2.24, 2.45) is 5.10 Å². The lowest BCUT2D eigenvalue weighted by Crippen LogP contribution is -1.96. The minimum absolute atomic E-state index is 0.000342. The Balaban J connectivity index is 1.88. The number of nitrogens with zero attached hydrogens (tertiary/aromatic N) is 3. The molecular weight excluding hydrogens is 311 g/mol. The molecule has 0 radical (unpaired) electrons. The predicted molar refractivity (Wildman–Crippen MR) is 90.8 cm³/mol.